The zero-order valence-electron chi connectivity index (χ0n) is 15.9. The first-order valence-electron chi connectivity index (χ1n) is 9.26. The molecule has 2 aliphatic rings. The summed E-state index contributed by atoms with van der Waals surface area (Å²) in [7, 11) is 1.57. The molecule has 4 rings (SSSR count). The third-order valence-corrected chi connectivity index (χ3v) is 5.52. The average Bonchev–Trinajstić information content (AvgIpc) is 3.31. The van der Waals surface area contributed by atoms with Gasteiger partial charge in [-0.05, 0) is 35.4 Å². The van der Waals surface area contributed by atoms with E-state index in [1.54, 1.807) is 25.3 Å². The Balaban J connectivity index is 1.74. The summed E-state index contributed by atoms with van der Waals surface area (Å²) < 4.78 is 16.0. The lowest BCUT2D eigenvalue weighted by Crippen LogP contribution is -2.35. The van der Waals surface area contributed by atoms with Crippen molar-refractivity contribution in [2.24, 2.45) is 11.7 Å². The van der Waals surface area contributed by atoms with E-state index in [-0.39, 0.29) is 19.3 Å². The van der Waals surface area contributed by atoms with E-state index in [2.05, 4.69) is 0 Å². The maximum absolute atomic E-state index is 12.3. The third kappa shape index (κ3) is 3.58. The van der Waals surface area contributed by atoms with E-state index in [0.717, 1.165) is 11.1 Å². The van der Waals surface area contributed by atoms with Gasteiger partial charge in [-0.15, -0.1) is 0 Å². The van der Waals surface area contributed by atoms with Crippen LogP contribution in [0.15, 0.2) is 42.5 Å². The van der Waals surface area contributed by atoms with Crippen LogP contribution in [0.25, 0.3) is 0 Å². The molecule has 8 nitrogen and oxygen atoms in total. The highest BCUT2D eigenvalue weighted by molar-refractivity contribution is 5.77. The van der Waals surface area contributed by atoms with Crippen LogP contribution in [-0.4, -0.2) is 48.9 Å². The van der Waals surface area contributed by atoms with E-state index in [9.17, 15) is 14.7 Å². The number of ether oxygens (including phenoxy) is 3. The number of carboxylic acid groups (broad SMARTS) is 1. The lowest BCUT2D eigenvalue weighted by Gasteiger charge is -2.26. The van der Waals surface area contributed by atoms with Gasteiger partial charge in [0.25, 0.3) is 0 Å². The van der Waals surface area contributed by atoms with Crippen molar-refractivity contribution < 1.29 is 28.9 Å². The lowest BCUT2D eigenvalue weighted by molar-refractivity contribution is -0.143. The van der Waals surface area contributed by atoms with Gasteiger partial charge in [-0.25, -0.2) is 0 Å². The van der Waals surface area contributed by atoms with Gasteiger partial charge < -0.3 is 25.1 Å². The van der Waals surface area contributed by atoms with Crippen LogP contribution in [0, 0.1) is 5.92 Å². The van der Waals surface area contributed by atoms with Crippen molar-refractivity contribution >= 4 is 11.9 Å². The van der Waals surface area contributed by atoms with E-state index in [1.807, 2.05) is 29.2 Å². The Morgan fingerprint density at radius 2 is 1.83 bits per heavy atom. The van der Waals surface area contributed by atoms with Crippen LogP contribution in [-0.2, 0) is 9.59 Å². The number of methoxy groups -OCH3 is 1. The number of nitrogens with two attached hydrogens (primary N) is 1. The highest BCUT2D eigenvalue weighted by Gasteiger charge is 2.47. The second-order valence-corrected chi connectivity index (χ2v) is 7.20. The van der Waals surface area contributed by atoms with Crippen LogP contribution < -0.4 is 19.9 Å². The first-order chi connectivity index (χ1) is 14.0. The highest BCUT2D eigenvalue weighted by atomic mass is 16.7. The van der Waals surface area contributed by atoms with Gasteiger partial charge in [-0.3, -0.25) is 14.5 Å². The maximum atomic E-state index is 12.3. The average molecular weight is 398 g/mol. The first kappa shape index (κ1) is 19.1. The Morgan fingerprint density at radius 3 is 2.48 bits per heavy atom. The van der Waals surface area contributed by atoms with Crippen LogP contribution in [0.3, 0.4) is 0 Å². The van der Waals surface area contributed by atoms with Crippen molar-refractivity contribution in [1.29, 1.82) is 0 Å². The standard InChI is InChI=1S/C21H22N2O6/c1-27-14-5-2-12(3-6-14)20-19(21(25)26)15(9-23(20)10-18(22)24)13-4-7-16-17(8-13)29-11-28-16/h2-8,15,19-20H,9-11H2,1H3,(H2,22,24)(H,25,26)/t15?,19-,20+/m0/s1. The molecule has 3 atom stereocenters. The second-order valence-electron chi connectivity index (χ2n) is 7.20. The van der Waals surface area contributed by atoms with Crippen LogP contribution >= 0.6 is 0 Å². The number of benzene rings is 2. The zero-order chi connectivity index (χ0) is 20.5. The monoisotopic (exact) mass is 398 g/mol. The summed E-state index contributed by atoms with van der Waals surface area (Å²) in [5.74, 6) is -0.622. The second kappa shape index (κ2) is 7.63. The molecule has 1 saturated heterocycles. The number of likely N-dealkylation sites (tertiary alicyclic amines) is 1. The van der Waals surface area contributed by atoms with Gasteiger partial charge in [0.05, 0.1) is 19.6 Å². The van der Waals surface area contributed by atoms with E-state index < -0.39 is 23.8 Å². The molecule has 0 bridgehead atoms. The molecule has 8 heteroatoms. The molecule has 29 heavy (non-hydrogen) atoms. The summed E-state index contributed by atoms with van der Waals surface area (Å²) in [5, 5.41) is 10.1. The van der Waals surface area contributed by atoms with E-state index in [0.29, 0.717) is 23.8 Å². The van der Waals surface area contributed by atoms with Gasteiger partial charge in [0.1, 0.15) is 5.75 Å². The molecule has 0 aliphatic carbocycles. The topological polar surface area (TPSA) is 111 Å². The highest BCUT2D eigenvalue weighted by Crippen LogP contribution is 2.47. The number of rotatable bonds is 6. The van der Waals surface area contributed by atoms with Crippen LogP contribution in [0.4, 0.5) is 0 Å². The molecule has 2 heterocycles. The largest absolute Gasteiger partial charge is 0.497 e. The number of hydrogen-bond acceptors (Lipinski definition) is 6. The van der Waals surface area contributed by atoms with Crippen molar-refractivity contribution in [2.45, 2.75) is 12.0 Å². The predicted octanol–water partition coefficient (Wildman–Crippen LogP) is 1.75. The fraction of sp³-hybridized carbons (Fsp3) is 0.333. The van der Waals surface area contributed by atoms with Crippen LogP contribution in [0.1, 0.15) is 23.1 Å². The smallest absolute Gasteiger partial charge is 0.309 e. The minimum Gasteiger partial charge on any atom is -0.497 e. The van der Waals surface area contributed by atoms with Gasteiger partial charge in [0.2, 0.25) is 12.7 Å². The Labute approximate surface area is 167 Å². The Bertz CT molecular complexity index is 929. The van der Waals surface area contributed by atoms with Crippen molar-refractivity contribution in [3.8, 4) is 17.2 Å². The Kier molecular flexibility index (Phi) is 5.02. The van der Waals surface area contributed by atoms with Crippen molar-refractivity contribution in [3.05, 3.63) is 53.6 Å². The number of amides is 1. The minimum atomic E-state index is -0.930. The normalized spacial score (nSPS) is 23.1. The molecule has 1 amide bonds. The fourth-order valence-electron chi connectivity index (χ4n) is 4.27. The Morgan fingerprint density at radius 1 is 1.14 bits per heavy atom. The number of carbonyl (C=O) groups excluding carboxylic acids is 1. The summed E-state index contributed by atoms with van der Waals surface area (Å²) in [5.41, 5.74) is 7.07. The van der Waals surface area contributed by atoms with Crippen molar-refractivity contribution in [2.75, 3.05) is 27.0 Å². The molecule has 1 fully saturated rings. The molecule has 152 valence electrons. The number of hydrogen-bond donors (Lipinski definition) is 2. The van der Waals surface area contributed by atoms with Crippen LogP contribution in [0.5, 0.6) is 17.2 Å². The van der Waals surface area contributed by atoms with E-state index in [1.165, 1.54) is 0 Å². The van der Waals surface area contributed by atoms with Gasteiger partial charge in [-0.2, -0.15) is 0 Å². The molecule has 0 radical (unpaired) electrons. The molecule has 1 unspecified atom stereocenters. The van der Waals surface area contributed by atoms with Crippen LogP contribution in [0.2, 0.25) is 0 Å². The first-order valence-corrected chi connectivity index (χ1v) is 9.26. The number of carbonyl (C=O) groups is 2. The number of nitrogens with zero attached hydrogens (tertiary/aromatic N) is 1. The number of fused-ring (bicyclic) bond motifs is 1. The molecule has 2 aromatic rings. The molecular weight excluding hydrogens is 376 g/mol. The quantitative estimate of drug-likeness (QED) is 0.762. The van der Waals surface area contributed by atoms with Gasteiger partial charge in [0, 0.05) is 18.5 Å². The molecule has 3 N–H and O–H groups in total. The van der Waals surface area contributed by atoms with Gasteiger partial charge >= 0.3 is 5.97 Å². The van der Waals surface area contributed by atoms with Gasteiger partial charge in [0.15, 0.2) is 11.5 Å². The van der Waals surface area contributed by atoms with Gasteiger partial charge in [-0.1, -0.05) is 18.2 Å². The number of aliphatic carboxylic acids is 1. The molecule has 0 spiro atoms. The fourth-order valence-corrected chi connectivity index (χ4v) is 4.27. The molecule has 2 aliphatic heterocycles. The van der Waals surface area contributed by atoms with Crippen molar-refractivity contribution in [3.63, 3.8) is 0 Å². The molecular formula is C21H22N2O6. The third-order valence-electron chi connectivity index (χ3n) is 5.52. The summed E-state index contributed by atoms with van der Waals surface area (Å²) >= 11 is 0. The van der Waals surface area contributed by atoms with E-state index in [4.69, 9.17) is 19.9 Å². The summed E-state index contributed by atoms with van der Waals surface area (Å²) in [6, 6.07) is 12.2. The number of carboxylic acids is 1. The lowest BCUT2D eigenvalue weighted by atomic mass is 9.82. The Hall–Kier alpha value is -3.26. The minimum absolute atomic E-state index is 0.0263. The SMILES string of the molecule is COc1ccc([C@@H]2[C@@H](C(=O)O)C(c3ccc4c(c3)OCO4)CN2CC(N)=O)cc1. The predicted molar refractivity (Wildman–Crippen MR) is 103 cm³/mol. The maximum Gasteiger partial charge on any atom is 0.309 e. The zero-order valence-corrected chi connectivity index (χ0v) is 15.9. The summed E-state index contributed by atoms with van der Waals surface area (Å²) in [6.45, 7) is 0.506. The number of primary amides is 1. The molecule has 0 aromatic heterocycles. The molecule has 2 aromatic carbocycles. The molecule has 0 saturated carbocycles. The van der Waals surface area contributed by atoms with Crippen molar-refractivity contribution in [1.82, 2.24) is 4.90 Å². The summed E-state index contributed by atoms with van der Waals surface area (Å²) in [6.07, 6.45) is 0. The van der Waals surface area contributed by atoms with E-state index >= 15 is 0 Å². The summed E-state index contributed by atoms with van der Waals surface area (Å²) in [4.78, 5) is 25.8.